The number of hydrogen-bond acceptors (Lipinski definition) is 2. The molecule has 1 aliphatic rings. The second-order valence-corrected chi connectivity index (χ2v) is 4.01. The van der Waals surface area contributed by atoms with Crippen LogP contribution in [-0.2, 0) is 6.54 Å². The predicted octanol–water partition coefficient (Wildman–Crippen LogP) is 1.47. The van der Waals surface area contributed by atoms with Gasteiger partial charge in [-0.15, -0.1) is 0 Å². The first-order valence-electron chi connectivity index (χ1n) is 5.16. The van der Waals surface area contributed by atoms with E-state index in [4.69, 9.17) is 0 Å². The first-order valence-corrected chi connectivity index (χ1v) is 5.16. The molecule has 1 aromatic heterocycles. The van der Waals surface area contributed by atoms with Gasteiger partial charge in [0.15, 0.2) is 0 Å². The Morgan fingerprint density at radius 2 is 2.07 bits per heavy atom. The van der Waals surface area contributed by atoms with E-state index in [0.717, 1.165) is 25.3 Å². The highest BCUT2D eigenvalue weighted by molar-refractivity contribution is 5.41. The SMILES string of the molecule is CC(C)N1CCCn2c1cccc2=O. The van der Waals surface area contributed by atoms with Crippen LogP contribution in [0.2, 0.25) is 0 Å². The fourth-order valence-corrected chi connectivity index (χ4v) is 2.02. The number of hydrogen-bond donors (Lipinski definition) is 0. The fraction of sp³-hybridized carbons (Fsp3) is 0.545. The van der Waals surface area contributed by atoms with Crippen LogP contribution in [0.5, 0.6) is 0 Å². The van der Waals surface area contributed by atoms with Gasteiger partial charge in [-0.25, -0.2) is 0 Å². The van der Waals surface area contributed by atoms with Crippen molar-refractivity contribution in [3.05, 3.63) is 28.6 Å². The summed E-state index contributed by atoms with van der Waals surface area (Å²) >= 11 is 0. The number of anilines is 1. The minimum Gasteiger partial charge on any atom is -0.355 e. The van der Waals surface area contributed by atoms with Gasteiger partial charge >= 0.3 is 0 Å². The molecule has 3 nitrogen and oxygen atoms in total. The Morgan fingerprint density at radius 3 is 2.79 bits per heavy atom. The monoisotopic (exact) mass is 192 g/mol. The summed E-state index contributed by atoms with van der Waals surface area (Å²) in [7, 11) is 0. The van der Waals surface area contributed by atoms with Crippen molar-refractivity contribution in [1.29, 1.82) is 0 Å². The molecule has 2 rings (SSSR count). The van der Waals surface area contributed by atoms with Crippen LogP contribution in [0.25, 0.3) is 0 Å². The largest absolute Gasteiger partial charge is 0.355 e. The number of aromatic nitrogens is 1. The highest BCUT2D eigenvalue weighted by Crippen LogP contribution is 2.19. The van der Waals surface area contributed by atoms with Crippen molar-refractivity contribution >= 4 is 5.82 Å². The molecule has 3 heteroatoms. The zero-order valence-electron chi connectivity index (χ0n) is 8.73. The van der Waals surface area contributed by atoms with Gasteiger partial charge in [-0.2, -0.15) is 0 Å². The predicted molar refractivity (Wildman–Crippen MR) is 57.8 cm³/mol. The van der Waals surface area contributed by atoms with Gasteiger partial charge in [0.05, 0.1) is 0 Å². The number of nitrogens with zero attached hydrogens (tertiary/aromatic N) is 2. The number of rotatable bonds is 1. The molecule has 0 fully saturated rings. The molecule has 76 valence electrons. The van der Waals surface area contributed by atoms with Crippen LogP contribution in [-0.4, -0.2) is 17.2 Å². The van der Waals surface area contributed by atoms with Crippen molar-refractivity contribution in [2.24, 2.45) is 0 Å². The third kappa shape index (κ3) is 1.43. The zero-order chi connectivity index (χ0) is 10.1. The highest BCUT2D eigenvalue weighted by atomic mass is 16.1. The van der Waals surface area contributed by atoms with Crippen LogP contribution < -0.4 is 10.5 Å². The van der Waals surface area contributed by atoms with Crippen LogP contribution in [0.1, 0.15) is 20.3 Å². The van der Waals surface area contributed by atoms with Crippen molar-refractivity contribution in [1.82, 2.24) is 4.57 Å². The van der Waals surface area contributed by atoms with E-state index in [2.05, 4.69) is 18.7 Å². The van der Waals surface area contributed by atoms with Crippen molar-refractivity contribution < 1.29 is 0 Å². The molecule has 0 bridgehead atoms. The van der Waals surface area contributed by atoms with E-state index in [1.165, 1.54) is 0 Å². The van der Waals surface area contributed by atoms with Gasteiger partial charge in [0, 0.05) is 25.2 Å². The summed E-state index contributed by atoms with van der Waals surface area (Å²) < 4.78 is 1.86. The quantitative estimate of drug-likeness (QED) is 0.673. The molecule has 0 saturated carbocycles. The zero-order valence-corrected chi connectivity index (χ0v) is 8.73. The third-order valence-corrected chi connectivity index (χ3v) is 2.73. The lowest BCUT2D eigenvalue weighted by Crippen LogP contribution is -2.41. The Balaban J connectivity index is 2.50. The van der Waals surface area contributed by atoms with Gasteiger partial charge in [-0.05, 0) is 26.3 Å². The van der Waals surface area contributed by atoms with Crippen LogP contribution >= 0.6 is 0 Å². The molecule has 1 aliphatic heterocycles. The highest BCUT2D eigenvalue weighted by Gasteiger charge is 2.18. The Labute approximate surface area is 84.0 Å². The van der Waals surface area contributed by atoms with E-state index in [1.54, 1.807) is 6.07 Å². The topological polar surface area (TPSA) is 25.2 Å². The number of fused-ring (bicyclic) bond motifs is 1. The minimum absolute atomic E-state index is 0.118. The van der Waals surface area contributed by atoms with Gasteiger partial charge in [0.2, 0.25) is 0 Å². The number of pyridine rings is 1. The average molecular weight is 192 g/mol. The Morgan fingerprint density at radius 1 is 1.29 bits per heavy atom. The molecule has 0 radical (unpaired) electrons. The Bertz CT molecular complexity index is 381. The molecular formula is C11H16N2O. The summed E-state index contributed by atoms with van der Waals surface area (Å²) in [5.41, 5.74) is 0.118. The van der Waals surface area contributed by atoms with Crippen molar-refractivity contribution in [3.8, 4) is 0 Å². The molecule has 0 aromatic carbocycles. The Hall–Kier alpha value is -1.25. The molecule has 1 aromatic rings. The second kappa shape index (κ2) is 3.48. The van der Waals surface area contributed by atoms with Gasteiger partial charge < -0.3 is 4.90 Å². The molecule has 14 heavy (non-hydrogen) atoms. The summed E-state index contributed by atoms with van der Waals surface area (Å²) in [6, 6.07) is 5.96. The molecule has 0 spiro atoms. The van der Waals surface area contributed by atoms with Crippen molar-refractivity contribution in [2.45, 2.75) is 32.9 Å². The van der Waals surface area contributed by atoms with E-state index < -0.39 is 0 Å². The maximum absolute atomic E-state index is 11.6. The van der Waals surface area contributed by atoms with Gasteiger partial charge in [-0.3, -0.25) is 9.36 Å². The molecule has 0 saturated heterocycles. The van der Waals surface area contributed by atoms with E-state index in [1.807, 2.05) is 16.7 Å². The second-order valence-electron chi connectivity index (χ2n) is 4.01. The van der Waals surface area contributed by atoms with Crippen LogP contribution in [0.15, 0.2) is 23.0 Å². The van der Waals surface area contributed by atoms with E-state index in [9.17, 15) is 4.79 Å². The van der Waals surface area contributed by atoms with E-state index in [0.29, 0.717) is 6.04 Å². The van der Waals surface area contributed by atoms with Crippen LogP contribution in [0.4, 0.5) is 5.82 Å². The maximum atomic E-state index is 11.6. The lowest BCUT2D eigenvalue weighted by Gasteiger charge is -2.34. The Kier molecular flexibility index (Phi) is 2.32. The van der Waals surface area contributed by atoms with Crippen LogP contribution in [0, 0.1) is 0 Å². The minimum atomic E-state index is 0.118. The van der Waals surface area contributed by atoms with Crippen molar-refractivity contribution in [3.63, 3.8) is 0 Å². The summed E-state index contributed by atoms with van der Waals surface area (Å²) in [5, 5.41) is 0. The molecule has 0 amide bonds. The fourth-order valence-electron chi connectivity index (χ4n) is 2.02. The molecule has 0 atom stereocenters. The maximum Gasteiger partial charge on any atom is 0.252 e. The summed E-state index contributed by atoms with van der Waals surface area (Å²) in [5.74, 6) is 1.07. The van der Waals surface area contributed by atoms with Gasteiger partial charge in [0.25, 0.3) is 5.56 Å². The van der Waals surface area contributed by atoms with Crippen molar-refractivity contribution in [2.75, 3.05) is 11.4 Å². The molecular weight excluding hydrogens is 176 g/mol. The molecule has 2 heterocycles. The lowest BCUT2D eigenvalue weighted by molar-refractivity contribution is 0.517. The molecule has 0 aliphatic carbocycles. The standard InChI is InChI=1S/C11H16N2O/c1-9(2)12-7-4-8-13-10(12)5-3-6-11(13)14/h3,5-6,9H,4,7-8H2,1-2H3. The van der Waals surface area contributed by atoms with E-state index in [-0.39, 0.29) is 5.56 Å². The summed E-state index contributed by atoms with van der Waals surface area (Å²) in [6.07, 6.45) is 1.06. The smallest absolute Gasteiger partial charge is 0.252 e. The average Bonchev–Trinajstić information content (AvgIpc) is 2.17. The summed E-state index contributed by atoms with van der Waals surface area (Å²) in [4.78, 5) is 13.9. The van der Waals surface area contributed by atoms with Gasteiger partial charge in [0.1, 0.15) is 5.82 Å². The van der Waals surface area contributed by atoms with Crippen LogP contribution in [0.3, 0.4) is 0 Å². The first-order chi connectivity index (χ1) is 6.70. The first kappa shape index (κ1) is 9.31. The lowest BCUT2D eigenvalue weighted by atomic mass is 10.2. The third-order valence-electron chi connectivity index (χ3n) is 2.73. The van der Waals surface area contributed by atoms with Gasteiger partial charge in [-0.1, -0.05) is 6.07 Å². The molecule has 0 unspecified atom stereocenters. The normalized spacial score (nSPS) is 15.8. The summed E-state index contributed by atoms with van der Waals surface area (Å²) in [6.45, 7) is 6.24. The molecule has 0 N–H and O–H groups in total. The van der Waals surface area contributed by atoms with E-state index >= 15 is 0 Å².